The van der Waals surface area contributed by atoms with Gasteiger partial charge in [0.2, 0.25) is 5.91 Å². The lowest BCUT2D eigenvalue weighted by molar-refractivity contribution is -0.117. The first-order valence-corrected chi connectivity index (χ1v) is 10.8. The highest BCUT2D eigenvalue weighted by atomic mass is 16.5. The first-order chi connectivity index (χ1) is 16.1. The van der Waals surface area contributed by atoms with Gasteiger partial charge in [0, 0.05) is 23.5 Å². The summed E-state index contributed by atoms with van der Waals surface area (Å²) in [6.07, 6.45) is 6.87. The zero-order valence-corrected chi connectivity index (χ0v) is 18.7. The molecule has 2 aromatic carbocycles. The molecule has 1 atom stereocenters. The first kappa shape index (κ1) is 22.0. The number of hydrogen-bond donors (Lipinski definition) is 1. The number of ether oxygens (including phenoxy) is 1. The molecule has 0 bridgehead atoms. The molecule has 2 aromatic heterocycles. The molecule has 0 unspecified atom stereocenters. The Morgan fingerprint density at radius 1 is 1.06 bits per heavy atom. The largest absolute Gasteiger partial charge is 0.487 e. The number of hydrogen-bond acceptors (Lipinski definition) is 4. The number of carbonyl (C=O) groups excluding carboxylic acids is 1. The highest BCUT2D eigenvalue weighted by molar-refractivity contribution is 5.92. The van der Waals surface area contributed by atoms with Gasteiger partial charge in [0.05, 0.1) is 23.6 Å². The van der Waals surface area contributed by atoms with E-state index in [-0.39, 0.29) is 11.9 Å². The van der Waals surface area contributed by atoms with Gasteiger partial charge in [-0.3, -0.25) is 9.78 Å². The summed E-state index contributed by atoms with van der Waals surface area (Å²) in [5.41, 5.74) is 4.76. The fourth-order valence-corrected chi connectivity index (χ4v) is 3.50. The van der Waals surface area contributed by atoms with Gasteiger partial charge in [-0.15, -0.1) is 0 Å². The Balaban J connectivity index is 1.32. The van der Waals surface area contributed by atoms with Crippen LogP contribution in [0.1, 0.15) is 35.5 Å². The molecule has 0 saturated carbocycles. The maximum Gasteiger partial charge on any atom is 0.244 e. The third-order valence-corrected chi connectivity index (χ3v) is 5.29. The van der Waals surface area contributed by atoms with E-state index in [4.69, 9.17) is 4.74 Å². The third kappa shape index (κ3) is 5.74. The van der Waals surface area contributed by atoms with Crippen LogP contribution >= 0.6 is 0 Å². The molecule has 0 fully saturated rings. The molecule has 6 heteroatoms. The minimum absolute atomic E-state index is 0.162. The van der Waals surface area contributed by atoms with Crippen LogP contribution in [0.3, 0.4) is 0 Å². The second-order valence-electron chi connectivity index (χ2n) is 7.68. The van der Waals surface area contributed by atoms with Gasteiger partial charge < -0.3 is 10.1 Å². The van der Waals surface area contributed by atoms with Crippen LogP contribution in [0.15, 0.2) is 91.3 Å². The van der Waals surface area contributed by atoms with Crippen molar-refractivity contribution < 1.29 is 9.53 Å². The highest BCUT2D eigenvalue weighted by Gasteiger charge is 2.15. The van der Waals surface area contributed by atoms with E-state index in [1.54, 1.807) is 18.5 Å². The number of para-hydroxylation sites is 1. The summed E-state index contributed by atoms with van der Waals surface area (Å²) in [4.78, 5) is 16.7. The lowest BCUT2D eigenvalue weighted by Gasteiger charge is -2.13. The third-order valence-electron chi connectivity index (χ3n) is 5.29. The van der Waals surface area contributed by atoms with Crippen LogP contribution < -0.4 is 10.1 Å². The Morgan fingerprint density at radius 2 is 1.82 bits per heavy atom. The van der Waals surface area contributed by atoms with Gasteiger partial charge in [-0.2, -0.15) is 5.10 Å². The van der Waals surface area contributed by atoms with Gasteiger partial charge in [0.1, 0.15) is 12.4 Å². The number of carbonyl (C=O) groups is 1. The molecule has 0 aliphatic heterocycles. The topological polar surface area (TPSA) is 69.0 Å². The van der Waals surface area contributed by atoms with Crippen molar-refractivity contribution in [2.75, 3.05) is 0 Å². The van der Waals surface area contributed by atoms with Gasteiger partial charge >= 0.3 is 0 Å². The molecular weight excluding hydrogens is 412 g/mol. The molecule has 6 nitrogen and oxygen atoms in total. The molecule has 4 rings (SSSR count). The average Bonchev–Trinajstić information content (AvgIpc) is 3.24. The number of pyridine rings is 1. The van der Waals surface area contributed by atoms with E-state index >= 15 is 0 Å². The van der Waals surface area contributed by atoms with Crippen molar-refractivity contribution in [1.29, 1.82) is 0 Å². The number of nitrogens with one attached hydrogen (secondary N) is 1. The summed E-state index contributed by atoms with van der Waals surface area (Å²) in [5, 5.41) is 7.49. The van der Waals surface area contributed by atoms with E-state index in [2.05, 4.69) is 15.4 Å². The minimum Gasteiger partial charge on any atom is -0.487 e. The van der Waals surface area contributed by atoms with Gasteiger partial charge in [0.25, 0.3) is 0 Å². The maximum absolute atomic E-state index is 12.5. The smallest absolute Gasteiger partial charge is 0.244 e. The zero-order valence-electron chi connectivity index (χ0n) is 18.7. The summed E-state index contributed by atoms with van der Waals surface area (Å²) in [7, 11) is 0. The maximum atomic E-state index is 12.5. The Morgan fingerprint density at radius 3 is 2.55 bits per heavy atom. The molecule has 1 N–H and O–H groups in total. The van der Waals surface area contributed by atoms with Gasteiger partial charge in [-0.05, 0) is 61.9 Å². The van der Waals surface area contributed by atoms with Crippen molar-refractivity contribution >= 4 is 12.0 Å². The van der Waals surface area contributed by atoms with Crippen molar-refractivity contribution in [3.63, 3.8) is 0 Å². The molecule has 4 aromatic rings. The molecule has 0 aliphatic carbocycles. The Labute approximate surface area is 193 Å². The van der Waals surface area contributed by atoms with E-state index < -0.39 is 0 Å². The van der Waals surface area contributed by atoms with Crippen molar-refractivity contribution in [2.24, 2.45) is 0 Å². The quantitative estimate of drug-likeness (QED) is 0.391. The van der Waals surface area contributed by atoms with Crippen LogP contribution in [-0.4, -0.2) is 20.7 Å². The predicted octanol–water partition coefficient (Wildman–Crippen LogP) is 5.05. The summed E-state index contributed by atoms with van der Waals surface area (Å²) >= 11 is 0. The first-order valence-electron chi connectivity index (χ1n) is 10.8. The van der Waals surface area contributed by atoms with Gasteiger partial charge in [-0.25, -0.2) is 4.68 Å². The lowest BCUT2D eigenvalue weighted by atomic mass is 10.1. The molecule has 1 amide bonds. The molecule has 0 saturated heterocycles. The van der Waals surface area contributed by atoms with E-state index in [0.717, 1.165) is 34.0 Å². The van der Waals surface area contributed by atoms with Crippen molar-refractivity contribution in [1.82, 2.24) is 20.1 Å². The summed E-state index contributed by atoms with van der Waals surface area (Å²) < 4.78 is 7.63. The molecule has 33 heavy (non-hydrogen) atoms. The molecule has 0 aliphatic rings. The van der Waals surface area contributed by atoms with Crippen LogP contribution in [0.4, 0.5) is 0 Å². The van der Waals surface area contributed by atoms with Gasteiger partial charge in [0.15, 0.2) is 0 Å². The van der Waals surface area contributed by atoms with E-state index in [0.29, 0.717) is 6.61 Å². The fraction of sp³-hybridized carbons (Fsp3) is 0.148. The summed E-state index contributed by atoms with van der Waals surface area (Å²) in [6, 6.07) is 23.1. The SMILES string of the molecule is Cc1c([C@H](C)NC(=O)/C=C\c2ccc(OCc3ccccn3)cc2)cnn1-c1ccccc1. The van der Waals surface area contributed by atoms with Crippen LogP contribution in [0.25, 0.3) is 11.8 Å². The molecule has 2 heterocycles. The number of amides is 1. The normalized spacial score (nSPS) is 11.9. The van der Waals surface area contributed by atoms with Crippen molar-refractivity contribution in [3.8, 4) is 11.4 Å². The van der Waals surface area contributed by atoms with E-state index in [1.807, 2.05) is 91.3 Å². The predicted molar refractivity (Wildman–Crippen MR) is 129 cm³/mol. The average molecular weight is 439 g/mol. The van der Waals surface area contributed by atoms with Crippen molar-refractivity contribution in [2.45, 2.75) is 26.5 Å². The summed E-state index contributed by atoms with van der Waals surface area (Å²) in [5.74, 6) is 0.589. The van der Waals surface area contributed by atoms with Crippen LogP contribution in [0, 0.1) is 6.92 Å². The van der Waals surface area contributed by atoms with Crippen LogP contribution in [0.5, 0.6) is 5.75 Å². The second kappa shape index (κ2) is 10.4. The highest BCUT2D eigenvalue weighted by Crippen LogP contribution is 2.20. The van der Waals surface area contributed by atoms with Gasteiger partial charge in [-0.1, -0.05) is 36.4 Å². The second-order valence-corrected chi connectivity index (χ2v) is 7.68. The number of aromatic nitrogens is 3. The zero-order chi connectivity index (χ0) is 23.0. The number of nitrogens with zero attached hydrogens (tertiary/aromatic N) is 3. The monoisotopic (exact) mass is 438 g/mol. The molecule has 166 valence electrons. The molecule has 0 radical (unpaired) electrons. The molecular formula is C27H26N4O2. The number of rotatable bonds is 8. The Kier molecular flexibility index (Phi) is 6.95. The number of benzene rings is 2. The van der Waals surface area contributed by atoms with E-state index in [1.165, 1.54) is 6.08 Å². The minimum atomic E-state index is -0.165. The van der Waals surface area contributed by atoms with Crippen molar-refractivity contribution in [3.05, 3.63) is 114 Å². The fourth-order valence-electron chi connectivity index (χ4n) is 3.50. The lowest BCUT2D eigenvalue weighted by Crippen LogP contribution is -2.25. The molecule has 0 spiro atoms. The summed E-state index contributed by atoms with van der Waals surface area (Å²) in [6.45, 7) is 4.38. The van der Waals surface area contributed by atoms with Crippen LogP contribution in [0.2, 0.25) is 0 Å². The van der Waals surface area contributed by atoms with E-state index in [9.17, 15) is 4.79 Å². The Hall–Kier alpha value is -4.19. The Bertz CT molecular complexity index is 1220. The van der Waals surface area contributed by atoms with Crippen LogP contribution in [-0.2, 0) is 11.4 Å². The standard InChI is InChI=1S/C27H26N4O2/c1-20(26-18-29-31(21(26)2)24-9-4-3-5-10-24)30-27(32)16-13-22-11-14-25(15-12-22)33-19-23-8-6-7-17-28-23/h3-18,20H,19H2,1-2H3,(H,30,32)/b16-13-/t20-/m0/s1.